The first-order valence-corrected chi connectivity index (χ1v) is 9.30. The highest BCUT2D eigenvalue weighted by atomic mass is 16.5. The summed E-state index contributed by atoms with van der Waals surface area (Å²) in [5.74, 6) is 0. The molecule has 4 aromatic rings. The van der Waals surface area contributed by atoms with Gasteiger partial charge in [0.25, 0.3) is 0 Å². The van der Waals surface area contributed by atoms with Crippen LogP contribution < -0.4 is 5.32 Å². The Morgan fingerprint density at radius 2 is 1.64 bits per heavy atom. The molecule has 0 saturated heterocycles. The molecular formula is C24H22N2O2. The molecule has 4 rings (SSSR count). The van der Waals surface area contributed by atoms with Gasteiger partial charge >= 0.3 is 6.09 Å². The Balaban J connectivity index is 1.60. The molecule has 0 radical (unpaired) electrons. The molecule has 0 spiro atoms. The molecule has 1 amide bonds. The molecule has 0 bridgehead atoms. The predicted octanol–water partition coefficient (Wildman–Crippen LogP) is 5.42. The van der Waals surface area contributed by atoms with Crippen molar-refractivity contribution < 1.29 is 9.53 Å². The number of fused-ring (bicyclic) bond motifs is 1. The Hall–Kier alpha value is -3.53. The SMILES string of the molecule is Cc1ccc(C(NC(=O)OCc2ccccc2)n2ccc3ccccc32)cc1. The van der Waals surface area contributed by atoms with Crippen molar-refractivity contribution in [2.24, 2.45) is 0 Å². The number of ether oxygens (including phenoxy) is 1. The normalized spacial score (nSPS) is 11.9. The highest BCUT2D eigenvalue weighted by Gasteiger charge is 2.19. The first kappa shape index (κ1) is 17.9. The molecule has 3 aromatic carbocycles. The lowest BCUT2D eigenvalue weighted by Crippen LogP contribution is -2.33. The average Bonchev–Trinajstić information content (AvgIpc) is 3.16. The van der Waals surface area contributed by atoms with Crippen molar-refractivity contribution in [2.45, 2.75) is 19.7 Å². The summed E-state index contributed by atoms with van der Waals surface area (Å²) in [5.41, 5.74) is 4.17. The molecule has 1 N–H and O–H groups in total. The van der Waals surface area contributed by atoms with Crippen LogP contribution in [0, 0.1) is 6.92 Å². The second kappa shape index (κ2) is 8.01. The molecule has 28 heavy (non-hydrogen) atoms. The van der Waals surface area contributed by atoms with E-state index in [0.717, 1.165) is 22.0 Å². The zero-order valence-electron chi connectivity index (χ0n) is 15.7. The highest BCUT2D eigenvalue weighted by molar-refractivity contribution is 5.80. The maximum atomic E-state index is 12.6. The van der Waals surface area contributed by atoms with Crippen molar-refractivity contribution >= 4 is 17.0 Å². The summed E-state index contributed by atoms with van der Waals surface area (Å²) < 4.78 is 7.51. The Kier molecular flexibility index (Phi) is 5.11. The Bertz CT molecular complexity index is 1070. The van der Waals surface area contributed by atoms with Crippen LogP contribution >= 0.6 is 0 Å². The molecule has 0 fully saturated rings. The molecule has 0 aliphatic rings. The maximum absolute atomic E-state index is 12.6. The fourth-order valence-corrected chi connectivity index (χ4v) is 3.27. The molecule has 1 aromatic heterocycles. The third-order valence-electron chi connectivity index (χ3n) is 4.77. The van der Waals surface area contributed by atoms with Gasteiger partial charge in [-0.15, -0.1) is 0 Å². The number of carbonyl (C=O) groups excluding carboxylic acids is 1. The Morgan fingerprint density at radius 1 is 0.929 bits per heavy atom. The second-order valence-electron chi connectivity index (χ2n) is 6.80. The molecule has 4 nitrogen and oxygen atoms in total. The molecule has 0 saturated carbocycles. The first-order chi connectivity index (χ1) is 13.7. The van der Waals surface area contributed by atoms with E-state index in [2.05, 4.69) is 16.0 Å². The quantitative estimate of drug-likeness (QED) is 0.509. The fraction of sp³-hybridized carbons (Fsp3) is 0.125. The summed E-state index contributed by atoms with van der Waals surface area (Å²) in [6, 6.07) is 28.0. The van der Waals surface area contributed by atoms with Crippen LogP contribution in [-0.4, -0.2) is 10.7 Å². The zero-order valence-corrected chi connectivity index (χ0v) is 15.7. The van der Waals surface area contributed by atoms with Gasteiger partial charge in [0, 0.05) is 6.20 Å². The largest absolute Gasteiger partial charge is 0.445 e. The number of amides is 1. The van der Waals surface area contributed by atoms with E-state index in [-0.39, 0.29) is 12.8 Å². The van der Waals surface area contributed by atoms with Crippen molar-refractivity contribution in [3.63, 3.8) is 0 Å². The third-order valence-corrected chi connectivity index (χ3v) is 4.77. The standard InChI is InChI=1S/C24H22N2O2/c1-18-11-13-21(14-12-18)23(26-16-15-20-9-5-6-10-22(20)26)25-24(27)28-17-19-7-3-2-4-8-19/h2-16,23H,17H2,1H3,(H,25,27). The lowest BCUT2D eigenvalue weighted by atomic mass is 10.1. The summed E-state index contributed by atoms with van der Waals surface area (Å²) in [7, 11) is 0. The summed E-state index contributed by atoms with van der Waals surface area (Å²) >= 11 is 0. The van der Waals surface area contributed by atoms with Crippen molar-refractivity contribution in [1.29, 1.82) is 0 Å². The number of aryl methyl sites for hydroxylation is 1. The van der Waals surface area contributed by atoms with Crippen LogP contribution in [0.5, 0.6) is 0 Å². The minimum absolute atomic E-state index is 0.236. The van der Waals surface area contributed by atoms with E-state index >= 15 is 0 Å². The summed E-state index contributed by atoms with van der Waals surface area (Å²) in [4.78, 5) is 12.6. The number of para-hydroxylation sites is 1. The molecule has 4 heteroatoms. The Morgan fingerprint density at radius 3 is 2.43 bits per heavy atom. The van der Waals surface area contributed by atoms with E-state index < -0.39 is 6.09 Å². The van der Waals surface area contributed by atoms with E-state index in [1.165, 1.54) is 5.56 Å². The van der Waals surface area contributed by atoms with Crippen molar-refractivity contribution in [3.8, 4) is 0 Å². The van der Waals surface area contributed by atoms with Crippen LogP contribution in [0.2, 0.25) is 0 Å². The van der Waals surface area contributed by atoms with Crippen molar-refractivity contribution in [3.05, 3.63) is 108 Å². The van der Waals surface area contributed by atoms with Crippen LogP contribution in [0.1, 0.15) is 22.9 Å². The van der Waals surface area contributed by atoms with Crippen LogP contribution in [0.4, 0.5) is 4.79 Å². The van der Waals surface area contributed by atoms with Crippen LogP contribution in [-0.2, 0) is 11.3 Å². The van der Waals surface area contributed by atoms with Gasteiger partial charge in [-0.1, -0.05) is 78.4 Å². The van der Waals surface area contributed by atoms with Gasteiger partial charge in [0.15, 0.2) is 0 Å². The number of benzene rings is 3. The zero-order chi connectivity index (χ0) is 19.3. The topological polar surface area (TPSA) is 43.3 Å². The highest BCUT2D eigenvalue weighted by Crippen LogP contribution is 2.24. The molecular weight excluding hydrogens is 348 g/mol. The lowest BCUT2D eigenvalue weighted by molar-refractivity contribution is 0.134. The Labute approximate surface area is 164 Å². The fourth-order valence-electron chi connectivity index (χ4n) is 3.27. The number of hydrogen-bond donors (Lipinski definition) is 1. The van der Waals surface area contributed by atoms with Crippen molar-refractivity contribution in [1.82, 2.24) is 9.88 Å². The summed E-state index contributed by atoms with van der Waals surface area (Å²) in [6.45, 7) is 2.28. The summed E-state index contributed by atoms with van der Waals surface area (Å²) in [5, 5.41) is 4.14. The summed E-state index contributed by atoms with van der Waals surface area (Å²) in [6.07, 6.45) is 1.18. The number of hydrogen-bond acceptors (Lipinski definition) is 2. The van der Waals surface area contributed by atoms with Gasteiger partial charge < -0.3 is 9.30 Å². The van der Waals surface area contributed by atoms with Crippen LogP contribution in [0.15, 0.2) is 91.1 Å². The van der Waals surface area contributed by atoms with Gasteiger partial charge in [-0.3, -0.25) is 5.32 Å². The number of aromatic nitrogens is 1. The minimum atomic E-state index is -0.452. The smallest absolute Gasteiger partial charge is 0.409 e. The van der Waals surface area contributed by atoms with Crippen molar-refractivity contribution in [2.75, 3.05) is 0 Å². The first-order valence-electron chi connectivity index (χ1n) is 9.30. The number of alkyl carbamates (subject to hydrolysis) is 1. The van der Waals surface area contributed by atoms with E-state index in [9.17, 15) is 4.79 Å². The third kappa shape index (κ3) is 3.91. The van der Waals surface area contributed by atoms with Gasteiger partial charge in [-0.25, -0.2) is 4.79 Å². The van der Waals surface area contributed by atoms with Gasteiger partial charge in [0.05, 0.1) is 5.52 Å². The maximum Gasteiger partial charge on any atom is 0.409 e. The molecule has 1 unspecified atom stereocenters. The van der Waals surface area contributed by atoms with E-state index in [1.54, 1.807) is 0 Å². The molecule has 140 valence electrons. The van der Waals surface area contributed by atoms with Gasteiger partial charge in [-0.05, 0) is 35.6 Å². The van der Waals surface area contributed by atoms with Crippen LogP contribution in [0.3, 0.4) is 0 Å². The number of nitrogens with zero attached hydrogens (tertiary/aromatic N) is 1. The van der Waals surface area contributed by atoms with Gasteiger partial charge in [0.2, 0.25) is 0 Å². The van der Waals surface area contributed by atoms with Gasteiger partial charge in [0.1, 0.15) is 12.8 Å². The average molecular weight is 370 g/mol. The van der Waals surface area contributed by atoms with Gasteiger partial charge in [-0.2, -0.15) is 0 Å². The van der Waals surface area contributed by atoms with Crippen LogP contribution in [0.25, 0.3) is 10.9 Å². The number of rotatable bonds is 5. The number of nitrogens with one attached hydrogen (secondary N) is 1. The molecule has 0 aliphatic heterocycles. The monoisotopic (exact) mass is 370 g/mol. The second-order valence-corrected chi connectivity index (χ2v) is 6.80. The minimum Gasteiger partial charge on any atom is -0.445 e. The number of carbonyl (C=O) groups is 1. The molecule has 1 heterocycles. The molecule has 0 aliphatic carbocycles. The lowest BCUT2D eigenvalue weighted by Gasteiger charge is -2.22. The molecule has 1 atom stereocenters. The van der Waals surface area contributed by atoms with E-state index in [4.69, 9.17) is 4.74 Å². The van der Waals surface area contributed by atoms with E-state index in [0.29, 0.717) is 0 Å². The predicted molar refractivity (Wildman–Crippen MR) is 111 cm³/mol. The van der Waals surface area contributed by atoms with E-state index in [1.807, 2.05) is 92.0 Å².